The highest BCUT2D eigenvalue weighted by atomic mass is 79.9. The van der Waals surface area contributed by atoms with Crippen molar-refractivity contribution < 1.29 is 4.74 Å². The van der Waals surface area contributed by atoms with Gasteiger partial charge in [0, 0.05) is 15.9 Å². The van der Waals surface area contributed by atoms with Crippen LogP contribution in [0.2, 0.25) is 0 Å². The number of halogens is 1. The maximum atomic E-state index is 5.70. The first-order valence-corrected chi connectivity index (χ1v) is 9.53. The van der Waals surface area contributed by atoms with Crippen molar-refractivity contribution in [1.29, 1.82) is 0 Å². The fourth-order valence-electron chi connectivity index (χ4n) is 2.08. The largest absolute Gasteiger partial charge is 0.492 e. The molecule has 0 radical (unpaired) electrons. The van der Waals surface area contributed by atoms with Crippen LogP contribution in [0.5, 0.6) is 5.75 Å². The second-order valence-electron chi connectivity index (χ2n) is 5.17. The summed E-state index contributed by atoms with van der Waals surface area (Å²) in [5.74, 6) is 1.65. The van der Waals surface area contributed by atoms with Gasteiger partial charge < -0.3 is 15.4 Å². The molecule has 0 aliphatic heterocycles. The minimum atomic E-state index is 0.574. The summed E-state index contributed by atoms with van der Waals surface area (Å²) in [5.41, 5.74) is 1.07. The zero-order chi connectivity index (χ0) is 17.4. The molecular weight excluding hydrogens is 388 g/mol. The summed E-state index contributed by atoms with van der Waals surface area (Å²) in [4.78, 5) is 10.3. The fourth-order valence-corrected chi connectivity index (χ4v) is 3.21. The molecule has 2 N–H and O–H groups in total. The first-order valence-electron chi connectivity index (χ1n) is 7.92. The van der Waals surface area contributed by atoms with Crippen LogP contribution in [-0.4, -0.2) is 30.6 Å². The number of ether oxygens (including phenoxy) is 1. The molecule has 2 rings (SSSR count). The molecule has 0 saturated heterocycles. The fraction of sp³-hybridized carbons (Fsp3) is 0.412. The van der Waals surface area contributed by atoms with Crippen molar-refractivity contribution in [2.45, 2.75) is 27.3 Å². The molecule has 0 unspecified atom stereocenters. The number of rotatable bonds is 7. The third kappa shape index (κ3) is 6.13. The minimum Gasteiger partial charge on any atom is -0.492 e. The molecule has 5 nitrogen and oxygen atoms in total. The van der Waals surface area contributed by atoms with Gasteiger partial charge in [0.2, 0.25) is 0 Å². The standard InChI is InChI=1S/C17H23BrN4OS/c1-4-19-17(21-11-16-12(2)22-13(3)24-16)20-9-10-23-15-7-5-14(18)6-8-15/h5-8H,4,9-11H2,1-3H3,(H2,19,20,21). The highest BCUT2D eigenvalue weighted by molar-refractivity contribution is 9.10. The van der Waals surface area contributed by atoms with E-state index in [0.29, 0.717) is 19.7 Å². The Morgan fingerprint density at radius 3 is 2.62 bits per heavy atom. The lowest BCUT2D eigenvalue weighted by Crippen LogP contribution is -2.39. The van der Waals surface area contributed by atoms with E-state index >= 15 is 0 Å². The number of nitrogens with zero attached hydrogens (tertiary/aromatic N) is 2. The Morgan fingerprint density at radius 2 is 2.00 bits per heavy atom. The maximum absolute atomic E-state index is 5.70. The smallest absolute Gasteiger partial charge is 0.191 e. The van der Waals surface area contributed by atoms with E-state index in [9.17, 15) is 0 Å². The molecule has 0 aliphatic rings. The third-order valence-corrected chi connectivity index (χ3v) is 4.79. The van der Waals surface area contributed by atoms with Crippen molar-refractivity contribution in [1.82, 2.24) is 15.6 Å². The first-order chi connectivity index (χ1) is 11.6. The lowest BCUT2D eigenvalue weighted by molar-refractivity contribution is 0.322. The van der Waals surface area contributed by atoms with Crippen LogP contribution in [0, 0.1) is 13.8 Å². The van der Waals surface area contributed by atoms with Crippen LogP contribution < -0.4 is 15.4 Å². The van der Waals surface area contributed by atoms with Crippen LogP contribution in [0.15, 0.2) is 33.7 Å². The van der Waals surface area contributed by atoms with Gasteiger partial charge in [0.05, 0.1) is 23.8 Å². The summed E-state index contributed by atoms with van der Waals surface area (Å²) in [6, 6.07) is 7.82. The van der Waals surface area contributed by atoms with E-state index in [4.69, 9.17) is 4.74 Å². The molecule has 0 spiro atoms. The van der Waals surface area contributed by atoms with Crippen molar-refractivity contribution in [3.05, 3.63) is 44.3 Å². The Hall–Kier alpha value is -1.60. The van der Waals surface area contributed by atoms with Gasteiger partial charge in [0.15, 0.2) is 5.96 Å². The molecule has 130 valence electrons. The zero-order valence-corrected chi connectivity index (χ0v) is 16.6. The molecule has 7 heteroatoms. The number of aryl methyl sites for hydroxylation is 2. The summed E-state index contributed by atoms with van der Waals surface area (Å²) >= 11 is 5.11. The molecular formula is C17H23BrN4OS. The SMILES string of the molecule is CCNC(=NCc1sc(C)nc1C)NCCOc1ccc(Br)cc1. The Kier molecular flexibility index (Phi) is 7.52. The van der Waals surface area contributed by atoms with Crippen LogP contribution in [-0.2, 0) is 6.54 Å². The number of guanidine groups is 1. The van der Waals surface area contributed by atoms with Crippen molar-refractivity contribution >= 4 is 33.2 Å². The van der Waals surface area contributed by atoms with Gasteiger partial charge in [-0.3, -0.25) is 0 Å². The van der Waals surface area contributed by atoms with Crippen LogP contribution >= 0.6 is 27.3 Å². The van der Waals surface area contributed by atoms with Crippen LogP contribution in [0.4, 0.5) is 0 Å². The number of hydrogen-bond donors (Lipinski definition) is 2. The number of benzene rings is 1. The van der Waals surface area contributed by atoms with Gasteiger partial charge in [0.25, 0.3) is 0 Å². The lowest BCUT2D eigenvalue weighted by Gasteiger charge is -2.12. The topological polar surface area (TPSA) is 58.5 Å². The van der Waals surface area contributed by atoms with E-state index in [1.54, 1.807) is 11.3 Å². The quantitative estimate of drug-likeness (QED) is 0.415. The van der Waals surface area contributed by atoms with Crippen molar-refractivity contribution in [2.75, 3.05) is 19.7 Å². The van der Waals surface area contributed by atoms with Crippen LogP contribution in [0.1, 0.15) is 22.5 Å². The Morgan fingerprint density at radius 1 is 1.25 bits per heavy atom. The monoisotopic (exact) mass is 410 g/mol. The Balaban J connectivity index is 1.80. The van der Waals surface area contributed by atoms with Gasteiger partial charge in [-0.2, -0.15) is 0 Å². The molecule has 0 fully saturated rings. The summed E-state index contributed by atoms with van der Waals surface area (Å²) < 4.78 is 6.75. The van der Waals surface area contributed by atoms with Gasteiger partial charge >= 0.3 is 0 Å². The molecule has 2 aromatic rings. The third-order valence-electron chi connectivity index (χ3n) is 3.20. The number of aliphatic imine (C=N–C) groups is 1. The molecule has 0 bridgehead atoms. The van der Waals surface area contributed by atoms with E-state index in [1.165, 1.54) is 4.88 Å². The highest BCUT2D eigenvalue weighted by Gasteiger charge is 2.04. The number of thiazole rings is 1. The van der Waals surface area contributed by atoms with Gasteiger partial charge in [-0.25, -0.2) is 9.98 Å². The van der Waals surface area contributed by atoms with Crippen LogP contribution in [0.3, 0.4) is 0 Å². The molecule has 1 aromatic heterocycles. The maximum Gasteiger partial charge on any atom is 0.191 e. The first kappa shape index (κ1) is 18.7. The van der Waals surface area contributed by atoms with Gasteiger partial charge in [-0.1, -0.05) is 15.9 Å². The van der Waals surface area contributed by atoms with E-state index in [0.717, 1.165) is 33.4 Å². The highest BCUT2D eigenvalue weighted by Crippen LogP contribution is 2.18. The van der Waals surface area contributed by atoms with E-state index in [2.05, 4.69) is 43.5 Å². The molecule has 1 heterocycles. The van der Waals surface area contributed by atoms with Gasteiger partial charge in [-0.15, -0.1) is 11.3 Å². The van der Waals surface area contributed by atoms with Crippen molar-refractivity contribution in [2.24, 2.45) is 4.99 Å². The average molecular weight is 411 g/mol. The number of hydrogen-bond acceptors (Lipinski definition) is 4. The summed E-state index contributed by atoms with van der Waals surface area (Å²) in [5, 5.41) is 7.62. The van der Waals surface area contributed by atoms with Crippen molar-refractivity contribution in [3.63, 3.8) is 0 Å². The van der Waals surface area contributed by atoms with E-state index in [-0.39, 0.29) is 0 Å². The van der Waals surface area contributed by atoms with Crippen LogP contribution in [0.25, 0.3) is 0 Å². The number of nitrogens with one attached hydrogen (secondary N) is 2. The Labute approximate surface area is 155 Å². The predicted octanol–water partition coefficient (Wildman–Crippen LogP) is 3.66. The van der Waals surface area contributed by atoms with Gasteiger partial charge in [-0.05, 0) is 45.0 Å². The van der Waals surface area contributed by atoms with Crippen molar-refractivity contribution in [3.8, 4) is 5.75 Å². The summed E-state index contributed by atoms with van der Waals surface area (Å²) in [6.45, 7) is 8.82. The second kappa shape index (κ2) is 9.64. The average Bonchev–Trinajstić information content (AvgIpc) is 2.88. The molecule has 24 heavy (non-hydrogen) atoms. The number of aromatic nitrogens is 1. The normalized spacial score (nSPS) is 11.4. The summed E-state index contributed by atoms with van der Waals surface area (Å²) in [6.07, 6.45) is 0. The zero-order valence-electron chi connectivity index (χ0n) is 14.2. The molecule has 1 aromatic carbocycles. The molecule has 0 amide bonds. The second-order valence-corrected chi connectivity index (χ2v) is 7.37. The molecule has 0 saturated carbocycles. The van der Waals surface area contributed by atoms with Gasteiger partial charge in [0.1, 0.15) is 12.4 Å². The Bertz CT molecular complexity index is 670. The summed E-state index contributed by atoms with van der Waals surface area (Å²) in [7, 11) is 0. The molecule has 0 atom stereocenters. The molecule has 0 aliphatic carbocycles. The predicted molar refractivity (Wildman–Crippen MR) is 104 cm³/mol. The van der Waals surface area contributed by atoms with E-state index < -0.39 is 0 Å². The lowest BCUT2D eigenvalue weighted by atomic mass is 10.3. The van der Waals surface area contributed by atoms with E-state index in [1.807, 2.05) is 38.1 Å². The minimum absolute atomic E-state index is 0.574.